The molecular formula is C10H14ClNO. The Morgan fingerprint density at radius 3 is 2.77 bits per heavy atom. The van der Waals surface area contributed by atoms with Crippen molar-refractivity contribution in [3.05, 3.63) is 28.8 Å². The summed E-state index contributed by atoms with van der Waals surface area (Å²) in [6, 6.07) is 5.46. The molecule has 72 valence electrons. The number of phenols is 1. The standard InChI is InChI=1S/C10H14ClNO/c1-7(2)12-6-8-5-9(11)3-4-10(8)13/h3-5,7,12-13H,6H2,1-2H3. The highest BCUT2D eigenvalue weighted by Gasteiger charge is 2.02. The zero-order chi connectivity index (χ0) is 9.84. The minimum Gasteiger partial charge on any atom is -0.508 e. The Morgan fingerprint density at radius 2 is 2.15 bits per heavy atom. The number of halogens is 1. The molecule has 0 spiro atoms. The van der Waals surface area contributed by atoms with E-state index in [0.717, 1.165) is 5.56 Å². The zero-order valence-electron chi connectivity index (χ0n) is 7.84. The van der Waals surface area contributed by atoms with Crippen LogP contribution in [0.5, 0.6) is 5.75 Å². The first kappa shape index (κ1) is 10.4. The van der Waals surface area contributed by atoms with Gasteiger partial charge >= 0.3 is 0 Å². The van der Waals surface area contributed by atoms with Gasteiger partial charge in [0.15, 0.2) is 0 Å². The maximum atomic E-state index is 9.45. The summed E-state index contributed by atoms with van der Waals surface area (Å²) >= 11 is 5.79. The summed E-state index contributed by atoms with van der Waals surface area (Å²) in [5.74, 6) is 0.289. The minimum absolute atomic E-state index is 0.289. The van der Waals surface area contributed by atoms with Crippen LogP contribution in [0.3, 0.4) is 0 Å². The fourth-order valence-corrected chi connectivity index (χ4v) is 1.20. The van der Waals surface area contributed by atoms with Crippen LogP contribution in [0.2, 0.25) is 5.02 Å². The van der Waals surface area contributed by atoms with Crippen molar-refractivity contribution in [3.8, 4) is 5.75 Å². The van der Waals surface area contributed by atoms with Gasteiger partial charge in [-0.15, -0.1) is 0 Å². The number of rotatable bonds is 3. The molecule has 0 atom stereocenters. The van der Waals surface area contributed by atoms with E-state index in [2.05, 4.69) is 19.2 Å². The molecule has 0 bridgehead atoms. The van der Waals surface area contributed by atoms with E-state index in [1.165, 1.54) is 0 Å². The average Bonchev–Trinajstić information content (AvgIpc) is 2.06. The number of nitrogens with one attached hydrogen (secondary N) is 1. The molecule has 2 N–H and O–H groups in total. The van der Waals surface area contributed by atoms with E-state index in [4.69, 9.17) is 11.6 Å². The number of hydrogen-bond acceptors (Lipinski definition) is 2. The van der Waals surface area contributed by atoms with Crippen molar-refractivity contribution in [2.45, 2.75) is 26.4 Å². The summed E-state index contributed by atoms with van der Waals surface area (Å²) in [6.07, 6.45) is 0. The van der Waals surface area contributed by atoms with Crippen molar-refractivity contribution in [2.24, 2.45) is 0 Å². The van der Waals surface area contributed by atoms with Gasteiger partial charge in [0.05, 0.1) is 0 Å². The van der Waals surface area contributed by atoms with Gasteiger partial charge in [0.25, 0.3) is 0 Å². The summed E-state index contributed by atoms with van der Waals surface area (Å²) in [6.45, 7) is 4.76. The number of aromatic hydroxyl groups is 1. The normalized spacial score (nSPS) is 10.8. The largest absolute Gasteiger partial charge is 0.508 e. The third-order valence-corrected chi connectivity index (χ3v) is 1.98. The van der Waals surface area contributed by atoms with Crippen molar-refractivity contribution in [2.75, 3.05) is 0 Å². The SMILES string of the molecule is CC(C)NCc1cc(Cl)ccc1O. The van der Waals surface area contributed by atoms with Crippen molar-refractivity contribution >= 4 is 11.6 Å². The van der Waals surface area contributed by atoms with Gasteiger partial charge in [-0.25, -0.2) is 0 Å². The molecule has 0 aliphatic heterocycles. The summed E-state index contributed by atoms with van der Waals surface area (Å²) in [5, 5.41) is 13.3. The van der Waals surface area contributed by atoms with E-state index in [1.807, 2.05) is 0 Å². The van der Waals surface area contributed by atoms with Crippen LogP contribution in [-0.4, -0.2) is 11.1 Å². The van der Waals surface area contributed by atoms with Crippen LogP contribution < -0.4 is 5.32 Å². The molecule has 0 amide bonds. The molecule has 0 heterocycles. The average molecular weight is 200 g/mol. The van der Waals surface area contributed by atoms with Gasteiger partial charge in [0.1, 0.15) is 5.75 Å². The Kier molecular flexibility index (Phi) is 3.58. The van der Waals surface area contributed by atoms with E-state index >= 15 is 0 Å². The predicted molar refractivity (Wildman–Crippen MR) is 55.1 cm³/mol. The van der Waals surface area contributed by atoms with Gasteiger partial charge in [-0.05, 0) is 18.2 Å². The molecule has 0 unspecified atom stereocenters. The quantitative estimate of drug-likeness (QED) is 0.784. The first-order valence-corrected chi connectivity index (χ1v) is 4.68. The first-order valence-electron chi connectivity index (χ1n) is 4.30. The second-order valence-corrected chi connectivity index (χ2v) is 3.75. The number of hydrogen-bond donors (Lipinski definition) is 2. The molecule has 0 aliphatic rings. The third-order valence-electron chi connectivity index (χ3n) is 1.74. The highest BCUT2D eigenvalue weighted by Crippen LogP contribution is 2.21. The molecule has 13 heavy (non-hydrogen) atoms. The lowest BCUT2D eigenvalue weighted by atomic mass is 10.2. The third kappa shape index (κ3) is 3.25. The Labute approximate surface area is 83.5 Å². The monoisotopic (exact) mass is 199 g/mol. The van der Waals surface area contributed by atoms with Crippen LogP contribution >= 0.6 is 11.6 Å². The Hall–Kier alpha value is -0.730. The van der Waals surface area contributed by atoms with E-state index in [1.54, 1.807) is 18.2 Å². The Balaban J connectivity index is 2.70. The van der Waals surface area contributed by atoms with Crippen LogP contribution in [0.1, 0.15) is 19.4 Å². The van der Waals surface area contributed by atoms with Crippen molar-refractivity contribution in [3.63, 3.8) is 0 Å². The Morgan fingerprint density at radius 1 is 1.46 bits per heavy atom. The number of phenolic OH excluding ortho intramolecular Hbond substituents is 1. The lowest BCUT2D eigenvalue weighted by molar-refractivity contribution is 0.461. The Bertz CT molecular complexity index is 286. The van der Waals surface area contributed by atoms with Gasteiger partial charge in [-0.3, -0.25) is 0 Å². The molecule has 1 rings (SSSR count). The van der Waals surface area contributed by atoms with Gasteiger partial charge in [0.2, 0.25) is 0 Å². The van der Waals surface area contributed by atoms with Gasteiger partial charge in [-0.2, -0.15) is 0 Å². The lowest BCUT2D eigenvalue weighted by Gasteiger charge is -2.09. The highest BCUT2D eigenvalue weighted by molar-refractivity contribution is 6.30. The zero-order valence-corrected chi connectivity index (χ0v) is 8.60. The minimum atomic E-state index is 0.289. The van der Waals surface area contributed by atoms with E-state index in [0.29, 0.717) is 17.6 Å². The smallest absolute Gasteiger partial charge is 0.120 e. The van der Waals surface area contributed by atoms with Crippen molar-refractivity contribution in [1.29, 1.82) is 0 Å². The highest BCUT2D eigenvalue weighted by atomic mass is 35.5. The molecule has 1 aromatic carbocycles. The topological polar surface area (TPSA) is 32.3 Å². The van der Waals surface area contributed by atoms with E-state index < -0.39 is 0 Å². The predicted octanol–water partition coefficient (Wildman–Crippen LogP) is 2.54. The second-order valence-electron chi connectivity index (χ2n) is 3.31. The van der Waals surface area contributed by atoms with Crippen LogP contribution in [0.4, 0.5) is 0 Å². The molecule has 0 fully saturated rings. The first-order chi connectivity index (χ1) is 6.09. The maximum absolute atomic E-state index is 9.45. The van der Waals surface area contributed by atoms with Crippen LogP contribution in [0, 0.1) is 0 Å². The molecule has 0 aliphatic carbocycles. The second kappa shape index (κ2) is 4.49. The van der Waals surface area contributed by atoms with Gasteiger partial charge < -0.3 is 10.4 Å². The molecule has 1 aromatic rings. The van der Waals surface area contributed by atoms with Crippen LogP contribution in [-0.2, 0) is 6.54 Å². The van der Waals surface area contributed by atoms with Gasteiger partial charge in [0, 0.05) is 23.2 Å². The molecule has 0 saturated carbocycles. The summed E-state index contributed by atoms with van der Waals surface area (Å²) in [4.78, 5) is 0. The molecular weight excluding hydrogens is 186 g/mol. The molecule has 0 radical (unpaired) electrons. The lowest BCUT2D eigenvalue weighted by Crippen LogP contribution is -2.21. The van der Waals surface area contributed by atoms with Crippen LogP contribution in [0.25, 0.3) is 0 Å². The van der Waals surface area contributed by atoms with Crippen molar-refractivity contribution < 1.29 is 5.11 Å². The van der Waals surface area contributed by atoms with Gasteiger partial charge in [-0.1, -0.05) is 25.4 Å². The summed E-state index contributed by atoms with van der Waals surface area (Å²) < 4.78 is 0. The molecule has 0 saturated heterocycles. The fraction of sp³-hybridized carbons (Fsp3) is 0.400. The summed E-state index contributed by atoms with van der Waals surface area (Å²) in [5.41, 5.74) is 0.834. The number of benzene rings is 1. The van der Waals surface area contributed by atoms with Crippen LogP contribution in [0.15, 0.2) is 18.2 Å². The molecule has 3 heteroatoms. The van der Waals surface area contributed by atoms with Crippen molar-refractivity contribution in [1.82, 2.24) is 5.32 Å². The molecule has 0 aromatic heterocycles. The van der Waals surface area contributed by atoms with E-state index in [9.17, 15) is 5.11 Å². The summed E-state index contributed by atoms with van der Waals surface area (Å²) in [7, 11) is 0. The van der Waals surface area contributed by atoms with E-state index in [-0.39, 0.29) is 5.75 Å². The molecule has 2 nitrogen and oxygen atoms in total. The fourth-order valence-electron chi connectivity index (χ4n) is 1.01. The maximum Gasteiger partial charge on any atom is 0.120 e.